The minimum absolute atomic E-state index is 0.167. The van der Waals surface area contributed by atoms with Crippen LogP contribution in [0.1, 0.15) is 10.6 Å². The molecule has 5 aromatic rings. The van der Waals surface area contributed by atoms with E-state index in [0.717, 1.165) is 16.4 Å². The monoisotopic (exact) mass is 421 g/mol. The molecule has 0 atom stereocenters. The van der Waals surface area contributed by atoms with Crippen LogP contribution in [0.2, 0.25) is 10.0 Å². The second kappa shape index (κ2) is 6.99. The molecular weight excluding hydrogens is 409 g/mol. The molecule has 0 saturated heterocycles. The van der Waals surface area contributed by atoms with Crippen LogP contribution >= 0.6 is 23.2 Å². The summed E-state index contributed by atoms with van der Waals surface area (Å²) in [4.78, 5) is 12.6. The number of benzene rings is 3. The van der Waals surface area contributed by atoms with Crippen molar-refractivity contribution in [2.75, 3.05) is 5.32 Å². The summed E-state index contributed by atoms with van der Waals surface area (Å²) in [5.74, 6) is 0.265. The number of furan rings is 2. The Labute approximate surface area is 175 Å². The van der Waals surface area contributed by atoms with Crippen LogP contribution in [0.5, 0.6) is 0 Å². The van der Waals surface area contributed by atoms with Crippen molar-refractivity contribution in [2.24, 2.45) is 0 Å². The van der Waals surface area contributed by atoms with Crippen molar-refractivity contribution >= 4 is 56.7 Å². The van der Waals surface area contributed by atoms with Crippen molar-refractivity contribution in [1.82, 2.24) is 0 Å². The van der Waals surface area contributed by atoms with Gasteiger partial charge >= 0.3 is 0 Å². The third kappa shape index (κ3) is 3.27. The van der Waals surface area contributed by atoms with Gasteiger partial charge in [-0.15, -0.1) is 0 Å². The molecule has 3 aromatic carbocycles. The molecule has 2 heterocycles. The summed E-state index contributed by atoms with van der Waals surface area (Å²) in [5.41, 5.74) is 2.75. The first-order valence-corrected chi connectivity index (χ1v) is 9.62. The maximum atomic E-state index is 12.6. The Balaban J connectivity index is 1.42. The lowest BCUT2D eigenvalue weighted by Crippen LogP contribution is -2.10. The van der Waals surface area contributed by atoms with Gasteiger partial charge in [-0.3, -0.25) is 4.79 Å². The second-order valence-electron chi connectivity index (χ2n) is 6.55. The van der Waals surface area contributed by atoms with Crippen LogP contribution in [-0.2, 0) is 0 Å². The number of fused-ring (bicyclic) bond motifs is 3. The van der Waals surface area contributed by atoms with Gasteiger partial charge in [0.2, 0.25) is 0 Å². The van der Waals surface area contributed by atoms with Gasteiger partial charge in [-0.25, -0.2) is 0 Å². The highest BCUT2D eigenvalue weighted by molar-refractivity contribution is 6.35. The molecule has 29 heavy (non-hydrogen) atoms. The number of rotatable bonds is 3. The molecule has 0 fully saturated rings. The van der Waals surface area contributed by atoms with E-state index in [4.69, 9.17) is 32.0 Å². The average molecular weight is 422 g/mol. The van der Waals surface area contributed by atoms with E-state index in [1.807, 2.05) is 36.4 Å². The predicted octanol–water partition coefficient (Wildman–Crippen LogP) is 7.41. The topological polar surface area (TPSA) is 55.4 Å². The van der Waals surface area contributed by atoms with Crippen LogP contribution in [0.4, 0.5) is 5.69 Å². The zero-order valence-electron chi connectivity index (χ0n) is 14.9. The quantitative estimate of drug-likeness (QED) is 0.330. The standard InChI is InChI=1S/C23H13Cl2NO3/c24-13-5-8-18(25)17(11-13)20-9-10-21(28-20)23(27)26-14-6-7-16-15-3-1-2-4-19(15)29-22(16)12-14/h1-12H,(H,26,27). The van der Waals surface area contributed by atoms with Crippen LogP contribution in [0.15, 0.2) is 81.6 Å². The minimum Gasteiger partial charge on any atom is -0.456 e. The van der Waals surface area contributed by atoms with Gasteiger partial charge in [0.25, 0.3) is 5.91 Å². The summed E-state index contributed by atoms with van der Waals surface area (Å²) in [6.45, 7) is 0. The lowest BCUT2D eigenvalue weighted by molar-refractivity contribution is 0.0997. The third-order valence-electron chi connectivity index (χ3n) is 4.66. The van der Waals surface area contributed by atoms with Crippen molar-refractivity contribution in [3.05, 3.63) is 88.6 Å². The van der Waals surface area contributed by atoms with E-state index >= 15 is 0 Å². The number of para-hydroxylation sites is 1. The highest BCUT2D eigenvalue weighted by Gasteiger charge is 2.15. The molecule has 0 aliphatic rings. The summed E-state index contributed by atoms with van der Waals surface area (Å²) in [6, 6.07) is 21.7. The molecule has 0 saturated carbocycles. The highest BCUT2D eigenvalue weighted by Crippen LogP contribution is 2.33. The fourth-order valence-electron chi connectivity index (χ4n) is 3.29. The molecule has 1 N–H and O–H groups in total. The normalized spacial score (nSPS) is 11.2. The lowest BCUT2D eigenvalue weighted by atomic mass is 10.1. The van der Waals surface area contributed by atoms with Crippen LogP contribution < -0.4 is 5.32 Å². The summed E-state index contributed by atoms with van der Waals surface area (Å²) in [5, 5.41) is 5.89. The molecule has 2 aromatic heterocycles. The number of amides is 1. The number of carbonyl (C=O) groups excluding carboxylic acids is 1. The molecule has 6 heteroatoms. The summed E-state index contributed by atoms with van der Waals surface area (Å²) in [7, 11) is 0. The van der Waals surface area contributed by atoms with Crippen molar-refractivity contribution in [1.29, 1.82) is 0 Å². The number of hydrogen-bond donors (Lipinski definition) is 1. The maximum absolute atomic E-state index is 12.6. The highest BCUT2D eigenvalue weighted by atomic mass is 35.5. The first-order chi connectivity index (χ1) is 14.1. The Morgan fingerprint density at radius 1 is 0.793 bits per heavy atom. The van der Waals surface area contributed by atoms with E-state index < -0.39 is 0 Å². The third-order valence-corrected chi connectivity index (χ3v) is 5.22. The minimum atomic E-state index is -0.370. The summed E-state index contributed by atoms with van der Waals surface area (Å²) in [6.07, 6.45) is 0. The Hall–Kier alpha value is -3.21. The number of hydrogen-bond acceptors (Lipinski definition) is 3. The Kier molecular flexibility index (Phi) is 4.31. The lowest BCUT2D eigenvalue weighted by Gasteiger charge is -2.04. The van der Waals surface area contributed by atoms with Crippen molar-refractivity contribution in [3.8, 4) is 11.3 Å². The zero-order valence-corrected chi connectivity index (χ0v) is 16.4. The summed E-state index contributed by atoms with van der Waals surface area (Å²) < 4.78 is 11.6. The fourth-order valence-corrected chi connectivity index (χ4v) is 3.67. The molecule has 0 radical (unpaired) electrons. The zero-order chi connectivity index (χ0) is 20.0. The Morgan fingerprint density at radius 2 is 1.62 bits per heavy atom. The number of nitrogens with one attached hydrogen (secondary N) is 1. The van der Waals surface area contributed by atoms with Gasteiger partial charge in [-0.05, 0) is 48.5 Å². The molecule has 142 valence electrons. The van der Waals surface area contributed by atoms with E-state index in [1.165, 1.54) is 0 Å². The van der Waals surface area contributed by atoms with Crippen LogP contribution in [0.25, 0.3) is 33.3 Å². The molecule has 0 aliphatic carbocycles. The number of anilines is 1. The summed E-state index contributed by atoms with van der Waals surface area (Å²) >= 11 is 12.2. The molecule has 0 bridgehead atoms. The van der Waals surface area contributed by atoms with Gasteiger partial charge in [0.15, 0.2) is 5.76 Å². The Bertz CT molecular complexity index is 1380. The van der Waals surface area contributed by atoms with E-state index in [-0.39, 0.29) is 11.7 Å². The average Bonchev–Trinajstić information content (AvgIpc) is 3.34. The van der Waals surface area contributed by atoms with Gasteiger partial charge < -0.3 is 14.2 Å². The molecular formula is C23H13Cl2NO3. The van der Waals surface area contributed by atoms with Crippen molar-refractivity contribution in [2.45, 2.75) is 0 Å². The smallest absolute Gasteiger partial charge is 0.291 e. The predicted molar refractivity (Wildman–Crippen MR) is 116 cm³/mol. The molecule has 5 rings (SSSR count). The molecule has 4 nitrogen and oxygen atoms in total. The molecule has 0 spiro atoms. The molecule has 0 aliphatic heterocycles. The number of carbonyl (C=O) groups is 1. The van der Waals surface area contributed by atoms with Crippen LogP contribution in [-0.4, -0.2) is 5.91 Å². The maximum Gasteiger partial charge on any atom is 0.291 e. The van der Waals surface area contributed by atoms with Gasteiger partial charge in [0.1, 0.15) is 16.9 Å². The SMILES string of the molecule is O=C(Nc1ccc2c(c1)oc1ccccc12)c1ccc(-c2cc(Cl)ccc2Cl)o1. The van der Waals surface area contributed by atoms with Gasteiger partial charge in [-0.1, -0.05) is 41.4 Å². The molecule has 1 amide bonds. The fraction of sp³-hybridized carbons (Fsp3) is 0. The van der Waals surface area contributed by atoms with Crippen LogP contribution in [0.3, 0.4) is 0 Å². The largest absolute Gasteiger partial charge is 0.456 e. The second-order valence-corrected chi connectivity index (χ2v) is 7.39. The van der Waals surface area contributed by atoms with Crippen molar-refractivity contribution in [3.63, 3.8) is 0 Å². The van der Waals surface area contributed by atoms with E-state index in [2.05, 4.69) is 5.32 Å². The number of halogens is 2. The van der Waals surface area contributed by atoms with Gasteiger partial charge in [0, 0.05) is 33.1 Å². The van der Waals surface area contributed by atoms with Gasteiger partial charge in [0.05, 0.1) is 5.02 Å². The van der Waals surface area contributed by atoms with E-state index in [9.17, 15) is 4.79 Å². The Morgan fingerprint density at radius 3 is 2.52 bits per heavy atom. The van der Waals surface area contributed by atoms with Crippen molar-refractivity contribution < 1.29 is 13.6 Å². The van der Waals surface area contributed by atoms with E-state index in [0.29, 0.717) is 32.6 Å². The van der Waals surface area contributed by atoms with Crippen LogP contribution in [0, 0.1) is 0 Å². The van der Waals surface area contributed by atoms with Gasteiger partial charge in [-0.2, -0.15) is 0 Å². The van der Waals surface area contributed by atoms with E-state index in [1.54, 1.807) is 36.4 Å². The first kappa shape index (κ1) is 17.9. The molecule has 0 unspecified atom stereocenters. The first-order valence-electron chi connectivity index (χ1n) is 8.86.